The zero-order valence-electron chi connectivity index (χ0n) is 13.8. The summed E-state index contributed by atoms with van der Waals surface area (Å²) in [6, 6.07) is -0.0711. The van der Waals surface area contributed by atoms with E-state index < -0.39 is 0 Å². The maximum absolute atomic E-state index is 9.29. The van der Waals surface area contributed by atoms with Crippen molar-refractivity contribution in [2.75, 3.05) is 35.6 Å². The number of hydrogen-bond donors (Lipinski definition) is 4. The van der Waals surface area contributed by atoms with Gasteiger partial charge in [0.05, 0.1) is 12.6 Å². The Morgan fingerprint density at radius 1 is 1.14 bits per heavy atom. The molecule has 7 nitrogen and oxygen atoms in total. The molecule has 0 aliphatic heterocycles. The van der Waals surface area contributed by atoms with Crippen LogP contribution >= 0.6 is 0 Å². The molecule has 4 N–H and O–H groups in total. The van der Waals surface area contributed by atoms with Crippen molar-refractivity contribution in [2.45, 2.75) is 39.7 Å². The van der Waals surface area contributed by atoms with Crippen LogP contribution in [0.25, 0.3) is 0 Å². The average molecular weight is 308 g/mol. The summed E-state index contributed by atoms with van der Waals surface area (Å²) in [6.45, 7) is 11.4. The van der Waals surface area contributed by atoms with Gasteiger partial charge in [0, 0.05) is 13.1 Å². The quantitative estimate of drug-likeness (QED) is 0.465. The predicted molar refractivity (Wildman–Crippen MR) is 91.2 cm³/mol. The third-order valence-electron chi connectivity index (χ3n) is 3.09. The number of aliphatic hydroxyl groups is 1. The van der Waals surface area contributed by atoms with Crippen molar-refractivity contribution in [2.24, 2.45) is 5.92 Å². The average Bonchev–Trinajstić information content (AvgIpc) is 2.50. The van der Waals surface area contributed by atoms with E-state index in [-0.39, 0.29) is 12.6 Å². The molecule has 0 aliphatic rings. The van der Waals surface area contributed by atoms with Crippen LogP contribution in [0.3, 0.4) is 0 Å². The second-order valence-corrected chi connectivity index (χ2v) is 5.52. The van der Waals surface area contributed by atoms with Crippen LogP contribution in [0.4, 0.5) is 17.8 Å². The normalized spacial score (nSPS) is 12.0. The van der Waals surface area contributed by atoms with Gasteiger partial charge in [0.1, 0.15) is 0 Å². The van der Waals surface area contributed by atoms with Crippen LogP contribution in [0.15, 0.2) is 12.7 Å². The van der Waals surface area contributed by atoms with Crippen molar-refractivity contribution < 1.29 is 5.11 Å². The maximum Gasteiger partial charge on any atom is 0.229 e. The zero-order chi connectivity index (χ0) is 16.4. The third kappa shape index (κ3) is 6.71. The van der Waals surface area contributed by atoms with Crippen LogP contribution in [0.2, 0.25) is 0 Å². The molecule has 0 aromatic carbocycles. The minimum atomic E-state index is -0.0711. The van der Waals surface area contributed by atoms with E-state index in [1.807, 2.05) is 6.92 Å². The molecule has 0 spiro atoms. The molecular formula is C15H28N6O. The molecule has 0 saturated carbocycles. The molecule has 0 bridgehead atoms. The lowest BCUT2D eigenvalue weighted by Crippen LogP contribution is -2.25. The van der Waals surface area contributed by atoms with E-state index in [1.165, 1.54) is 0 Å². The van der Waals surface area contributed by atoms with E-state index in [0.29, 0.717) is 30.3 Å². The summed E-state index contributed by atoms with van der Waals surface area (Å²) in [5.41, 5.74) is 0. The van der Waals surface area contributed by atoms with Gasteiger partial charge in [-0.25, -0.2) is 0 Å². The van der Waals surface area contributed by atoms with E-state index in [4.69, 9.17) is 0 Å². The summed E-state index contributed by atoms with van der Waals surface area (Å²) in [4.78, 5) is 13.0. The number of anilines is 3. The van der Waals surface area contributed by atoms with E-state index in [1.54, 1.807) is 6.08 Å². The highest BCUT2D eigenvalue weighted by Crippen LogP contribution is 2.11. The first kappa shape index (κ1) is 18.2. The highest BCUT2D eigenvalue weighted by Gasteiger charge is 2.10. The Labute approximate surface area is 132 Å². The van der Waals surface area contributed by atoms with Gasteiger partial charge in [-0.2, -0.15) is 15.0 Å². The molecule has 0 saturated heterocycles. The standard InChI is InChI=1S/C15H28N6O/c1-5-8-16-13-19-14(17-9-7-11(3)4)21-15(20-13)18-12(6-2)10-22/h5,11-12,22H,1,6-10H2,2-4H3,(H3,16,17,18,19,20,21)/t12-/m1/s1. The van der Waals surface area contributed by atoms with Crippen LogP contribution in [0.5, 0.6) is 0 Å². The van der Waals surface area contributed by atoms with Gasteiger partial charge in [-0.05, 0) is 18.8 Å². The smallest absolute Gasteiger partial charge is 0.229 e. The molecule has 0 amide bonds. The van der Waals surface area contributed by atoms with E-state index in [0.717, 1.165) is 19.4 Å². The summed E-state index contributed by atoms with van der Waals surface area (Å²) in [7, 11) is 0. The summed E-state index contributed by atoms with van der Waals surface area (Å²) in [6.07, 6.45) is 3.57. The van der Waals surface area contributed by atoms with Crippen molar-refractivity contribution in [3.8, 4) is 0 Å². The molecular weight excluding hydrogens is 280 g/mol. The van der Waals surface area contributed by atoms with Crippen LogP contribution in [-0.2, 0) is 0 Å². The number of rotatable bonds is 11. The van der Waals surface area contributed by atoms with Crippen LogP contribution in [0, 0.1) is 5.92 Å². The highest BCUT2D eigenvalue weighted by molar-refractivity contribution is 5.42. The Balaban J connectivity index is 2.81. The van der Waals surface area contributed by atoms with E-state index in [9.17, 15) is 5.11 Å². The van der Waals surface area contributed by atoms with E-state index >= 15 is 0 Å². The van der Waals surface area contributed by atoms with E-state index in [2.05, 4.69) is 51.3 Å². The lowest BCUT2D eigenvalue weighted by molar-refractivity contribution is 0.271. The molecule has 1 rings (SSSR count). The number of hydrogen-bond acceptors (Lipinski definition) is 7. The minimum Gasteiger partial charge on any atom is -0.394 e. The molecule has 1 aromatic heterocycles. The fourth-order valence-corrected chi connectivity index (χ4v) is 1.69. The first-order valence-corrected chi connectivity index (χ1v) is 7.81. The molecule has 0 unspecified atom stereocenters. The van der Waals surface area contributed by atoms with Crippen LogP contribution in [0.1, 0.15) is 33.6 Å². The fraction of sp³-hybridized carbons (Fsp3) is 0.667. The van der Waals surface area contributed by atoms with Gasteiger partial charge < -0.3 is 21.1 Å². The van der Waals surface area contributed by atoms with Gasteiger partial charge in [-0.3, -0.25) is 0 Å². The van der Waals surface area contributed by atoms with Crippen molar-refractivity contribution in [3.05, 3.63) is 12.7 Å². The molecule has 1 aromatic rings. The number of aromatic nitrogens is 3. The van der Waals surface area contributed by atoms with Crippen LogP contribution < -0.4 is 16.0 Å². The second kappa shape index (κ2) is 9.94. The maximum atomic E-state index is 9.29. The molecule has 0 aliphatic carbocycles. The topological polar surface area (TPSA) is 95.0 Å². The zero-order valence-corrected chi connectivity index (χ0v) is 13.8. The van der Waals surface area contributed by atoms with Crippen LogP contribution in [-0.4, -0.2) is 45.8 Å². The molecule has 0 fully saturated rings. The van der Waals surface area contributed by atoms with Crippen molar-refractivity contribution in [1.29, 1.82) is 0 Å². The summed E-state index contributed by atoms with van der Waals surface area (Å²) < 4.78 is 0. The SMILES string of the molecule is C=CCNc1nc(NCCC(C)C)nc(N[C@H](CC)CO)n1. The molecule has 1 heterocycles. The Morgan fingerprint density at radius 2 is 1.77 bits per heavy atom. The lowest BCUT2D eigenvalue weighted by atomic mass is 10.1. The summed E-state index contributed by atoms with van der Waals surface area (Å²) in [5.74, 6) is 2.08. The molecule has 7 heteroatoms. The lowest BCUT2D eigenvalue weighted by Gasteiger charge is -2.15. The number of nitrogens with zero attached hydrogens (tertiary/aromatic N) is 3. The van der Waals surface area contributed by atoms with Gasteiger partial charge >= 0.3 is 0 Å². The number of aliphatic hydroxyl groups excluding tert-OH is 1. The number of nitrogens with one attached hydrogen (secondary N) is 3. The van der Waals surface area contributed by atoms with Crippen molar-refractivity contribution in [3.63, 3.8) is 0 Å². The van der Waals surface area contributed by atoms with Gasteiger partial charge in [0.2, 0.25) is 17.8 Å². The molecule has 1 atom stereocenters. The van der Waals surface area contributed by atoms with Gasteiger partial charge in [0.15, 0.2) is 0 Å². The Kier molecular flexibility index (Phi) is 8.21. The van der Waals surface area contributed by atoms with Gasteiger partial charge in [-0.1, -0.05) is 26.8 Å². The molecule has 0 radical (unpaired) electrons. The summed E-state index contributed by atoms with van der Waals surface area (Å²) >= 11 is 0. The first-order chi connectivity index (χ1) is 10.6. The Bertz CT molecular complexity index is 448. The van der Waals surface area contributed by atoms with Crippen molar-refractivity contribution >= 4 is 17.8 Å². The van der Waals surface area contributed by atoms with Gasteiger partial charge in [-0.15, -0.1) is 6.58 Å². The monoisotopic (exact) mass is 308 g/mol. The minimum absolute atomic E-state index is 0.0354. The molecule has 124 valence electrons. The second-order valence-electron chi connectivity index (χ2n) is 5.52. The van der Waals surface area contributed by atoms with Crippen molar-refractivity contribution in [1.82, 2.24) is 15.0 Å². The third-order valence-corrected chi connectivity index (χ3v) is 3.09. The Morgan fingerprint density at radius 3 is 2.32 bits per heavy atom. The largest absolute Gasteiger partial charge is 0.394 e. The predicted octanol–water partition coefficient (Wildman–Crippen LogP) is 2.11. The first-order valence-electron chi connectivity index (χ1n) is 7.81. The highest BCUT2D eigenvalue weighted by atomic mass is 16.3. The Hall–Kier alpha value is -1.89. The fourth-order valence-electron chi connectivity index (χ4n) is 1.69. The van der Waals surface area contributed by atoms with Gasteiger partial charge in [0.25, 0.3) is 0 Å². The molecule has 22 heavy (non-hydrogen) atoms. The summed E-state index contributed by atoms with van der Waals surface area (Å²) in [5, 5.41) is 18.7.